The van der Waals surface area contributed by atoms with Crippen LogP contribution in [0.15, 0.2) is 77.7 Å². The number of halogens is 1. The van der Waals surface area contributed by atoms with E-state index in [0.29, 0.717) is 5.02 Å². The summed E-state index contributed by atoms with van der Waals surface area (Å²) in [5.41, 5.74) is 2.73. The molecule has 0 heterocycles. The minimum Gasteiger partial charge on any atom is -0.390 e. The molecule has 3 aromatic carbocycles. The average molecular weight is 440 g/mol. The first-order valence-corrected chi connectivity index (χ1v) is 11.7. The Bertz CT molecular complexity index is 1210. The van der Waals surface area contributed by atoms with E-state index in [-0.39, 0.29) is 4.90 Å². The van der Waals surface area contributed by atoms with Gasteiger partial charge in [0.05, 0.1) is 17.0 Å². The van der Waals surface area contributed by atoms with Gasteiger partial charge in [0.15, 0.2) is 0 Å². The fourth-order valence-corrected chi connectivity index (χ4v) is 6.86. The zero-order valence-electron chi connectivity index (χ0n) is 16.6. The molecule has 2 N–H and O–H groups in total. The smallest absolute Gasteiger partial charge is 0.240 e. The van der Waals surface area contributed by atoms with Crippen LogP contribution in [0.2, 0.25) is 5.02 Å². The van der Waals surface area contributed by atoms with Crippen LogP contribution >= 0.6 is 11.6 Å². The van der Waals surface area contributed by atoms with Crippen molar-refractivity contribution >= 4 is 21.6 Å². The molecule has 0 saturated carbocycles. The summed E-state index contributed by atoms with van der Waals surface area (Å²) in [7, 11) is -3.87. The number of aliphatic hydroxyl groups is 1. The van der Waals surface area contributed by atoms with E-state index >= 15 is 0 Å². The zero-order valence-corrected chi connectivity index (χ0v) is 18.2. The Hall–Kier alpha value is -2.18. The maximum absolute atomic E-state index is 13.2. The van der Waals surface area contributed by atoms with E-state index in [4.69, 9.17) is 11.6 Å². The quantitative estimate of drug-likeness (QED) is 0.648. The van der Waals surface area contributed by atoms with Crippen molar-refractivity contribution in [3.05, 3.63) is 100 Å². The summed E-state index contributed by atoms with van der Waals surface area (Å²) in [5.74, 6) is 0. The van der Waals surface area contributed by atoms with Gasteiger partial charge in [0.1, 0.15) is 0 Å². The maximum atomic E-state index is 13.2. The van der Waals surface area contributed by atoms with Crippen molar-refractivity contribution in [1.29, 1.82) is 0 Å². The Kier molecular flexibility index (Phi) is 4.22. The lowest BCUT2D eigenvalue weighted by atomic mass is 9.47. The summed E-state index contributed by atoms with van der Waals surface area (Å²) >= 11 is 5.93. The number of sulfonamides is 1. The van der Waals surface area contributed by atoms with E-state index < -0.39 is 33.0 Å². The number of hydrogen-bond donors (Lipinski definition) is 2. The van der Waals surface area contributed by atoms with E-state index in [2.05, 4.69) is 4.72 Å². The highest BCUT2D eigenvalue weighted by molar-refractivity contribution is 7.89. The summed E-state index contributed by atoms with van der Waals surface area (Å²) in [5, 5.41) is 12.0. The van der Waals surface area contributed by atoms with Gasteiger partial charge in [-0.15, -0.1) is 0 Å². The van der Waals surface area contributed by atoms with Crippen molar-refractivity contribution < 1.29 is 13.5 Å². The molecule has 2 atom stereocenters. The molecule has 0 aromatic heterocycles. The fourth-order valence-electron chi connectivity index (χ4n) is 5.40. The molecule has 4 nitrogen and oxygen atoms in total. The van der Waals surface area contributed by atoms with E-state index in [1.54, 1.807) is 12.1 Å². The van der Waals surface area contributed by atoms with E-state index in [1.807, 2.05) is 62.4 Å². The molecule has 0 aliphatic heterocycles. The molecule has 154 valence electrons. The van der Waals surface area contributed by atoms with Gasteiger partial charge in [0, 0.05) is 15.9 Å². The number of nitrogens with one attached hydrogen (secondary N) is 1. The largest absolute Gasteiger partial charge is 0.390 e. The lowest BCUT2D eigenvalue weighted by Gasteiger charge is -2.59. The predicted molar refractivity (Wildman–Crippen MR) is 117 cm³/mol. The second-order valence-corrected chi connectivity index (χ2v) is 10.6. The van der Waals surface area contributed by atoms with Gasteiger partial charge in [-0.1, -0.05) is 60.1 Å². The molecule has 3 aliphatic rings. The van der Waals surface area contributed by atoms with Gasteiger partial charge < -0.3 is 5.11 Å². The van der Waals surface area contributed by atoms with Crippen molar-refractivity contribution in [2.24, 2.45) is 0 Å². The molecule has 3 aliphatic carbocycles. The molecule has 2 unspecified atom stereocenters. The van der Waals surface area contributed by atoms with Crippen molar-refractivity contribution in [2.75, 3.05) is 0 Å². The van der Waals surface area contributed by atoms with Gasteiger partial charge in [0.2, 0.25) is 10.0 Å². The third kappa shape index (κ3) is 2.44. The molecule has 0 saturated heterocycles. The Morgan fingerprint density at radius 2 is 1.23 bits per heavy atom. The molecule has 6 heteroatoms. The lowest BCUT2D eigenvalue weighted by Crippen LogP contribution is -2.69. The van der Waals surface area contributed by atoms with Crippen molar-refractivity contribution in [3.63, 3.8) is 0 Å². The molecule has 0 amide bonds. The molecule has 30 heavy (non-hydrogen) atoms. The second-order valence-electron chi connectivity index (χ2n) is 8.49. The number of benzene rings is 3. The maximum Gasteiger partial charge on any atom is 0.240 e. The van der Waals surface area contributed by atoms with Crippen molar-refractivity contribution in [1.82, 2.24) is 4.72 Å². The van der Waals surface area contributed by atoms with Crippen LogP contribution in [0.3, 0.4) is 0 Å². The van der Waals surface area contributed by atoms with E-state index in [9.17, 15) is 13.5 Å². The normalized spacial score (nSPS) is 29.3. The Morgan fingerprint density at radius 3 is 1.70 bits per heavy atom. The molecular weight excluding hydrogens is 418 g/mol. The molecule has 2 bridgehead atoms. The highest BCUT2D eigenvalue weighted by Crippen LogP contribution is 2.59. The number of hydrogen-bond acceptors (Lipinski definition) is 3. The monoisotopic (exact) mass is 439 g/mol. The molecular formula is C24H22ClNO3S. The van der Waals surface area contributed by atoms with Crippen LogP contribution in [-0.4, -0.2) is 25.7 Å². The standard InChI is InChI=1S/C24H22ClNO3S/c1-23-17-7-3-5-9-19(17)24(2,20-10-6-4-8-18(20)23)22(27)21(23)26-30(28,29)16-13-11-15(25)12-14-16/h3-14,21-22,26-27H,1-2H3. The number of rotatable bonds is 3. The van der Waals surface area contributed by atoms with Crippen molar-refractivity contribution in [3.8, 4) is 0 Å². The minimum atomic E-state index is -3.87. The summed E-state index contributed by atoms with van der Waals surface area (Å²) in [6.45, 7) is 4.01. The summed E-state index contributed by atoms with van der Waals surface area (Å²) in [6, 6.07) is 21.3. The third-order valence-electron chi connectivity index (χ3n) is 7.03. The van der Waals surface area contributed by atoms with Crippen LogP contribution in [-0.2, 0) is 20.9 Å². The van der Waals surface area contributed by atoms with E-state index in [1.165, 1.54) is 12.1 Å². The van der Waals surface area contributed by atoms with Crippen LogP contribution in [0.1, 0.15) is 36.1 Å². The number of aliphatic hydroxyl groups excluding tert-OH is 1. The summed E-state index contributed by atoms with van der Waals surface area (Å²) in [4.78, 5) is 0.121. The molecule has 0 radical (unpaired) electrons. The Balaban J connectivity index is 1.71. The van der Waals surface area contributed by atoms with Crippen LogP contribution < -0.4 is 4.72 Å². The minimum absolute atomic E-state index is 0.121. The lowest BCUT2D eigenvalue weighted by molar-refractivity contribution is 0.0302. The van der Waals surface area contributed by atoms with Gasteiger partial charge in [-0.05, 0) is 60.4 Å². The SMILES string of the molecule is CC12c3ccccc3C(C)(c3ccccc31)C(NS(=O)(=O)c1ccc(Cl)cc1)C2O. The Morgan fingerprint density at radius 1 is 0.800 bits per heavy atom. The first-order valence-electron chi connectivity index (χ1n) is 9.86. The molecule has 6 rings (SSSR count). The van der Waals surface area contributed by atoms with Gasteiger partial charge in [0.25, 0.3) is 0 Å². The average Bonchev–Trinajstić information content (AvgIpc) is 2.75. The van der Waals surface area contributed by atoms with Crippen LogP contribution in [0, 0.1) is 0 Å². The highest BCUT2D eigenvalue weighted by Gasteiger charge is 2.62. The van der Waals surface area contributed by atoms with Gasteiger partial charge in [-0.25, -0.2) is 13.1 Å². The topological polar surface area (TPSA) is 66.4 Å². The Labute approximate surface area is 181 Å². The first-order chi connectivity index (χ1) is 14.2. The predicted octanol–water partition coefficient (Wildman–Crippen LogP) is 3.99. The van der Waals surface area contributed by atoms with E-state index in [0.717, 1.165) is 22.3 Å². The van der Waals surface area contributed by atoms with Gasteiger partial charge in [-0.2, -0.15) is 0 Å². The summed E-state index contributed by atoms with van der Waals surface area (Å²) in [6.07, 6.45) is -0.936. The second kappa shape index (κ2) is 6.41. The number of fused-ring (bicyclic) bond motifs is 1. The molecule has 0 fully saturated rings. The van der Waals surface area contributed by atoms with Crippen LogP contribution in [0.25, 0.3) is 0 Å². The summed E-state index contributed by atoms with van der Waals surface area (Å²) < 4.78 is 29.3. The van der Waals surface area contributed by atoms with Crippen LogP contribution in [0.5, 0.6) is 0 Å². The zero-order chi connectivity index (χ0) is 21.3. The van der Waals surface area contributed by atoms with Crippen molar-refractivity contribution in [2.45, 2.75) is 41.7 Å². The van der Waals surface area contributed by atoms with Crippen LogP contribution in [0.4, 0.5) is 0 Å². The highest BCUT2D eigenvalue weighted by atomic mass is 35.5. The molecule has 0 spiro atoms. The third-order valence-corrected chi connectivity index (χ3v) is 8.74. The van der Waals surface area contributed by atoms with Gasteiger partial charge >= 0.3 is 0 Å². The fraction of sp³-hybridized carbons (Fsp3) is 0.250. The first kappa shape index (κ1) is 19.8. The van der Waals surface area contributed by atoms with Gasteiger partial charge in [-0.3, -0.25) is 0 Å². The molecule has 3 aromatic rings.